The van der Waals surface area contributed by atoms with Crippen molar-refractivity contribution in [2.45, 2.75) is 0 Å². The summed E-state index contributed by atoms with van der Waals surface area (Å²) in [5.74, 6) is -0.0185. The number of hydrogen-bond acceptors (Lipinski definition) is 8. The molecule has 0 amide bonds. The second-order valence-electron chi connectivity index (χ2n) is 2.16. The van der Waals surface area contributed by atoms with Crippen molar-refractivity contribution in [1.29, 1.82) is 0 Å². The Morgan fingerprint density at radius 2 is 1.25 bits per heavy atom. The van der Waals surface area contributed by atoms with E-state index >= 15 is 0 Å². The lowest BCUT2D eigenvalue weighted by Gasteiger charge is -2.00. The first-order valence-electron chi connectivity index (χ1n) is 3.18. The maximum atomic E-state index is 8.74. The van der Waals surface area contributed by atoms with Crippen LogP contribution in [0.1, 0.15) is 0 Å². The minimum atomic E-state index is -4.67. The largest absolute Gasteiger partial charge is 0.479 e. The smallest absolute Gasteiger partial charge is 0.394 e. The molecular weight excluding hydrogens is 246 g/mol. The van der Waals surface area contributed by atoms with Crippen molar-refractivity contribution in [1.82, 2.24) is 9.97 Å². The van der Waals surface area contributed by atoms with Crippen molar-refractivity contribution in [2.24, 2.45) is 0 Å². The summed E-state index contributed by atoms with van der Waals surface area (Å²) in [4.78, 5) is 6.70. The minimum Gasteiger partial charge on any atom is -0.479 e. The number of hydrogen-bond donors (Lipinski definition) is 6. The first kappa shape index (κ1) is 16.5. The third kappa shape index (κ3) is 7.51. The molecule has 0 aliphatic rings. The van der Waals surface area contributed by atoms with E-state index in [0.29, 0.717) is 0 Å². The summed E-state index contributed by atoms with van der Waals surface area (Å²) in [6.45, 7) is 0. The number of aromatic hydroxyl groups is 1. The molecule has 0 saturated heterocycles. The molecule has 16 heavy (non-hydrogen) atoms. The molecule has 0 atom stereocenters. The molecule has 1 rings (SSSR count). The van der Waals surface area contributed by atoms with Crippen LogP contribution in [0.25, 0.3) is 0 Å². The van der Waals surface area contributed by atoms with Crippen molar-refractivity contribution in [2.75, 3.05) is 17.2 Å². The van der Waals surface area contributed by atoms with Gasteiger partial charge in [0.25, 0.3) is 0 Å². The Hall–Kier alpha value is -1.89. The van der Waals surface area contributed by atoms with Crippen LogP contribution in [-0.4, -0.2) is 38.1 Å². The lowest BCUT2D eigenvalue weighted by atomic mass is 10.4. The highest BCUT2D eigenvalue weighted by molar-refractivity contribution is 7.79. The normalized spacial score (nSPS) is 9.62. The summed E-state index contributed by atoms with van der Waals surface area (Å²) in [6.07, 6.45) is 0. The molecule has 0 unspecified atom stereocenters. The molecule has 11 N–H and O–H groups in total. The SMILES string of the molecule is Nc1nc(O)nc(N)c1N.O.O=S(=O)(O)O. The van der Waals surface area contributed by atoms with E-state index < -0.39 is 16.4 Å². The molecule has 0 aliphatic heterocycles. The van der Waals surface area contributed by atoms with Gasteiger partial charge in [-0.3, -0.25) is 9.11 Å². The van der Waals surface area contributed by atoms with Crippen molar-refractivity contribution < 1.29 is 28.1 Å². The number of anilines is 3. The van der Waals surface area contributed by atoms with E-state index in [-0.39, 0.29) is 22.8 Å². The molecule has 1 heterocycles. The fraction of sp³-hybridized carbons (Fsp3) is 0. The Balaban J connectivity index is 0. The fourth-order valence-electron chi connectivity index (χ4n) is 0.492. The highest BCUT2D eigenvalue weighted by Crippen LogP contribution is 2.19. The number of rotatable bonds is 0. The second-order valence-corrected chi connectivity index (χ2v) is 3.05. The van der Waals surface area contributed by atoms with Crippen LogP contribution >= 0.6 is 0 Å². The monoisotopic (exact) mass is 257 g/mol. The zero-order valence-electron chi connectivity index (χ0n) is 7.69. The molecule has 0 bridgehead atoms. The third-order valence-corrected chi connectivity index (χ3v) is 0.993. The summed E-state index contributed by atoms with van der Waals surface area (Å²) in [7, 11) is -4.67. The Kier molecular flexibility index (Phi) is 6.06. The van der Waals surface area contributed by atoms with E-state index in [1.807, 2.05) is 0 Å². The molecule has 0 fully saturated rings. The molecule has 0 radical (unpaired) electrons. The zero-order valence-corrected chi connectivity index (χ0v) is 8.51. The van der Waals surface area contributed by atoms with Gasteiger partial charge < -0.3 is 27.8 Å². The Labute approximate surface area is 89.8 Å². The molecule has 0 aliphatic carbocycles. The van der Waals surface area contributed by atoms with Gasteiger partial charge in [-0.2, -0.15) is 18.4 Å². The van der Waals surface area contributed by atoms with Gasteiger partial charge in [-0.15, -0.1) is 0 Å². The number of nitrogens with zero attached hydrogens (tertiary/aromatic N) is 2. The van der Waals surface area contributed by atoms with E-state index in [9.17, 15) is 0 Å². The van der Waals surface area contributed by atoms with Gasteiger partial charge in [0.1, 0.15) is 5.69 Å². The third-order valence-electron chi connectivity index (χ3n) is 0.993. The summed E-state index contributed by atoms with van der Waals surface area (Å²) in [5, 5.41) is 8.68. The predicted molar refractivity (Wildman–Crippen MR) is 54.7 cm³/mol. The van der Waals surface area contributed by atoms with Crippen LogP contribution in [0.5, 0.6) is 6.01 Å². The Morgan fingerprint density at radius 1 is 1.00 bits per heavy atom. The summed E-state index contributed by atoms with van der Waals surface area (Å²) in [6, 6.07) is -0.468. The van der Waals surface area contributed by atoms with Crippen LogP contribution < -0.4 is 17.2 Å². The van der Waals surface area contributed by atoms with E-state index in [2.05, 4.69) is 9.97 Å². The predicted octanol–water partition coefficient (Wildman–Crippen LogP) is -2.55. The Bertz CT molecular complexity index is 415. The summed E-state index contributed by atoms with van der Waals surface area (Å²) in [5.41, 5.74) is 15.8. The number of nitrogens with two attached hydrogens (primary N) is 3. The van der Waals surface area contributed by atoms with Gasteiger partial charge in [0.2, 0.25) is 0 Å². The summed E-state index contributed by atoms with van der Waals surface area (Å²) < 4.78 is 31.6. The van der Waals surface area contributed by atoms with Crippen LogP contribution in [0.2, 0.25) is 0 Å². The van der Waals surface area contributed by atoms with E-state index in [1.54, 1.807) is 0 Å². The highest BCUT2D eigenvalue weighted by Gasteiger charge is 2.03. The first-order valence-corrected chi connectivity index (χ1v) is 4.58. The molecule has 94 valence electrons. The number of aromatic nitrogens is 2. The average Bonchev–Trinajstić information content (AvgIpc) is 1.96. The molecule has 11 nitrogen and oxygen atoms in total. The van der Waals surface area contributed by atoms with Crippen molar-refractivity contribution in [3.8, 4) is 6.01 Å². The van der Waals surface area contributed by atoms with Crippen LogP contribution in [0.15, 0.2) is 0 Å². The van der Waals surface area contributed by atoms with Gasteiger partial charge in [-0.05, 0) is 0 Å². The lowest BCUT2D eigenvalue weighted by molar-refractivity contribution is 0.381. The van der Waals surface area contributed by atoms with E-state index in [1.165, 1.54) is 0 Å². The van der Waals surface area contributed by atoms with Crippen LogP contribution in [0.4, 0.5) is 17.3 Å². The van der Waals surface area contributed by atoms with Gasteiger partial charge >= 0.3 is 16.4 Å². The maximum absolute atomic E-state index is 8.74. The molecule has 1 aromatic rings. The van der Waals surface area contributed by atoms with Crippen LogP contribution in [0, 0.1) is 0 Å². The number of nitrogen functional groups attached to an aromatic ring is 3. The standard InChI is InChI=1S/C4H7N5O.H2O4S.H2O/c5-1-2(6)8-4(10)9-3(1)7;1-5(2,3)4;/h5H2,(H5,6,7,8,9,10);(H2,1,2,3,4);1H2. The molecule has 12 heteroatoms. The van der Waals surface area contributed by atoms with Crippen molar-refractivity contribution in [3.05, 3.63) is 0 Å². The van der Waals surface area contributed by atoms with Crippen molar-refractivity contribution in [3.63, 3.8) is 0 Å². The van der Waals surface area contributed by atoms with E-state index in [0.717, 1.165) is 0 Å². The first-order chi connectivity index (χ1) is 6.61. The van der Waals surface area contributed by atoms with Gasteiger partial charge in [-0.1, -0.05) is 0 Å². The fourth-order valence-corrected chi connectivity index (χ4v) is 0.492. The highest BCUT2D eigenvalue weighted by atomic mass is 32.3. The van der Waals surface area contributed by atoms with Crippen LogP contribution in [-0.2, 0) is 10.4 Å². The molecule has 0 saturated carbocycles. The van der Waals surface area contributed by atoms with Gasteiger partial charge in [0.15, 0.2) is 11.6 Å². The zero-order chi connectivity index (χ0) is 12.2. The summed E-state index contributed by atoms with van der Waals surface area (Å²) >= 11 is 0. The van der Waals surface area contributed by atoms with Crippen LogP contribution in [0.3, 0.4) is 0 Å². The average molecular weight is 257 g/mol. The van der Waals surface area contributed by atoms with Gasteiger partial charge in [0, 0.05) is 0 Å². The second kappa shape index (κ2) is 5.86. The quantitative estimate of drug-likeness (QED) is 0.266. The minimum absolute atomic E-state index is 0. The molecule has 0 spiro atoms. The Morgan fingerprint density at radius 3 is 1.50 bits per heavy atom. The lowest BCUT2D eigenvalue weighted by Crippen LogP contribution is -2.04. The van der Waals surface area contributed by atoms with Gasteiger partial charge in [0.05, 0.1) is 0 Å². The topological polar surface area (TPSA) is 230 Å². The molecule has 1 aromatic heterocycles. The maximum Gasteiger partial charge on any atom is 0.394 e. The molecular formula is C4H11N5O6S. The van der Waals surface area contributed by atoms with E-state index in [4.69, 9.17) is 39.8 Å². The van der Waals surface area contributed by atoms with Crippen molar-refractivity contribution >= 4 is 27.7 Å². The van der Waals surface area contributed by atoms with Gasteiger partial charge in [-0.25, -0.2) is 0 Å². The molecule has 0 aromatic carbocycles.